The van der Waals surface area contributed by atoms with Crippen LogP contribution in [0.15, 0.2) is 18.2 Å². The first-order chi connectivity index (χ1) is 7.40. The monoisotopic (exact) mass is 219 g/mol. The van der Waals surface area contributed by atoms with E-state index in [2.05, 4.69) is 32.9 Å². The molecule has 0 unspecified atom stereocenters. The van der Waals surface area contributed by atoms with Crippen LogP contribution in [-0.2, 0) is 5.41 Å². The van der Waals surface area contributed by atoms with Crippen LogP contribution in [0.4, 0.5) is 0 Å². The molecule has 2 N–H and O–H groups in total. The fourth-order valence-electron chi connectivity index (χ4n) is 2.31. The van der Waals surface area contributed by atoms with E-state index in [-0.39, 0.29) is 11.0 Å². The Labute approximate surface area is 97.8 Å². The molecule has 1 aromatic carbocycles. The van der Waals surface area contributed by atoms with Crippen LogP contribution in [0.1, 0.15) is 37.8 Å². The fourth-order valence-corrected chi connectivity index (χ4v) is 2.31. The Morgan fingerprint density at radius 1 is 1.31 bits per heavy atom. The Bertz CT molecular complexity index is 405. The second-order valence-electron chi connectivity index (χ2n) is 5.47. The minimum absolute atomic E-state index is 0.00592. The van der Waals surface area contributed by atoms with Crippen molar-refractivity contribution in [1.29, 1.82) is 0 Å². The van der Waals surface area contributed by atoms with Crippen LogP contribution in [0.5, 0.6) is 5.75 Å². The number of hydrogen-bond donors (Lipinski definition) is 1. The van der Waals surface area contributed by atoms with E-state index >= 15 is 0 Å². The predicted octanol–water partition coefficient (Wildman–Crippen LogP) is 2.77. The first-order valence-electron chi connectivity index (χ1n) is 5.85. The molecule has 2 rings (SSSR count). The summed E-state index contributed by atoms with van der Waals surface area (Å²) in [5.41, 5.74) is 8.87. The average molecular weight is 219 g/mol. The topological polar surface area (TPSA) is 35.2 Å². The summed E-state index contributed by atoms with van der Waals surface area (Å²) in [7, 11) is 1.71. The highest BCUT2D eigenvalue weighted by atomic mass is 16.5. The lowest BCUT2D eigenvalue weighted by Gasteiger charge is -2.33. The van der Waals surface area contributed by atoms with Crippen LogP contribution in [0, 0.1) is 6.92 Å². The number of aryl methyl sites for hydroxylation is 1. The maximum Gasteiger partial charge on any atom is 0.121 e. The van der Waals surface area contributed by atoms with Gasteiger partial charge < -0.3 is 10.5 Å². The van der Waals surface area contributed by atoms with Crippen LogP contribution < -0.4 is 10.5 Å². The van der Waals surface area contributed by atoms with E-state index in [1.54, 1.807) is 7.11 Å². The minimum atomic E-state index is -0.00592. The van der Waals surface area contributed by atoms with Gasteiger partial charge in [0.25, 0.3) is 0 Å². The third kappa shape index (κ3) is 1.61. The van der Waals surface area contributed by atoms with Gasteiger partial charge in [-0.1, -0.05) is 26.0 Å². The zero-order valence-corrected chi connectivity index (χ0v) is 10.6. The van der Waals surface area contributed by atoms with Gasteiger partial charge in [-0.15, -0.1) is 0 Å². The molecule has 1 aromatic rings. The Balaban J connectivity index is 2.37. The van der Waals surface area contributed by atoms with Gasteiger partial charge in [0.15, 0.2) is 0 Å². The fraction of sp³-hybridized carbons (Fsp3) is 0.571. The number of ether oxygens (including phenoxy) is 1. The largest absolute Gasteiger partial charge is 0.496 e. The summed E-state index contributed by atoms with van der Waals surface area (Å²) in [5.74, 6) is 0.946. The first kappa shape index (κ1) is 11.5. The van der Waals surface area contributed by atoms with Gasteiger partial charge in [0.2, 0.25) is 0 Å². The lowest BCUT2D eigenvalue weighted by atomic mass is 9.75. The van der Waals surface area contributed by atoms with E-state index in [1.165, 1.54) is 11.1 Å². The van der Waals surface area contributed by atoms with E-state index in [0.29, 0.717) is 0 Å². The number of rotatable bonds is 3. The summed E-state index contributed by atoms with van der Waals surface area (Å²) in [6.07, 6.45) is 2.26. The van der Waals surface area contributed by atoms with Gasteiger partial charge in [-0.3, -0.25) is 0 Å². The van der Waals surface area contributed by atoms with Gasteiger partial charge in [0, 0.05) is 11.0 Å². The van der Waals surface area contributed by atoms with Crippen LogP contribution in [0.2, 0.25) is 0 Å². The van der Waals surface area contributed by atoms with Crippen molar-refractivity contribution in [2.24, 2.45) is 5.73 Å². The molecule has 0 spiro atoms. The van der Waals surface area contributed by atoms with Gasteiger partial charge in [0.05, 0.1) is 7.11 Å². The van der Waals surface area contributed by atoms with Crippen molar-refractivity contribution in [2.75, 3.05) is 7.11 Å². The lowest BCUT2D eigenvalue weighted by molar-refractivity contribution is 0.387. The molecule has 2 nitrogen and oxygen atoms in total. The molecule has 2 heteroatoms. The molecular weight excluding hydrogens is 198 g/mol. The minimum Gasteiger partial charge on any atom is -0.496 e. The average Bonchev–Trinajstić information content (AvgIpc) is 2.98. The van der Waals surface area contributed by atoms with Crippen LogP contribution in [0.3, 0.4) is 0 Å². The van der Waals surface area contributed by atoms with Gasteiger partial charge in [-0.2, -0.15) is 0 Å². The third-order valence-electron chi connectivity index (χ3n) is 4.15. The highest BCUT2D eigenvalue weighted by Crippen LogP contribution is 2.49. The zero-order chi connectivity index (χ0) is 12.0. The molecule has 0 heterocycles. The number of hydrogen-bond acceptors (Lipinski definition) is 2. The standard InChI is InChI=1S/C14H21NO/c1-10-9-11(5-6-12(10)16-4)13(2,3)14(15)7-8-14/h5-6,9H,7-8,15H2,1-4H3. The molecule has 0 radical (unpaired) electrons. The second-order valence-corrected chi connectivity index (χ2v) is 5.47. The quantitative estimate of drug-likeness (QED) is 0.848. The normalized spacial score (nSPS) is 18.3. The maximum atomic E-state index is 6.35. The van der Waals surface area contributed by atoms with Gasteiger partial charge in [-0.05, 0) is 37.0 Å². The van der Waals surface area contributed by atoms with Gasteiger partial charge >= 0.3 is 0 Å². The molecule has 0 aromatic heterocycles. The van der Waals surface area contributed by atoms with Crippen molar-refractivity contribution in [2.45, 2.75) is 44.6 Å². The van der Waals surface area contributed by atoms with Crippen molar-refractivity contribution in [1.82, 2.24) is 0 Å². The first-order valence-corrected chi connectivity index (χ1v) is 5.85. The summed E-state index contributed by atoms with van der Waals surface area (Å²) < 4.78 is 5.28. The lowest BCUT2D eigenvalue weighted by Crippen LogP contribution is -2.43. The van der Waals surface area contributed by atoms with E-state index in [1.807, 2.05) is 6.07 Å². The van der Waals surface area contributed by atoms with Crippen LogP contribution in [0.25, 0.3) is 0 Å². The number of nitrogens with two attached hydrogens (primary N) is 1. The molecule has 0 saturated heterocycles. The number of methoxy groups -OCH3 is 1. The molecule has 0 amide bonds. The third-order valence-corrected chi connectivity index (χ3v) is 4.15. The van der Waals surface area contributed by atoms with E-state index in [9.17, 15) is 0 Å². The molecular formula is C14H21NO. The summed E-state index contributed by atoms with van der Waals surface area (Å²) in [4.78, 5) is 0. The molecule has 88 valence electrons. The maximum absolute atomic E-state index is 6.35. The predicted molar refractivity (Wildman–Crippen MR) is 66.9 cm³/mol. The molecule has 1 aliphatic carbocycles. The van der Waals surface area contributed by atoms with Crippen molar-refractivity contribution >= 4 is 0 Å². The molecule has 16 heavy (non-hydrogen) atoms. The molecule has 1 saturated carbocycles. The summed E-state index contributed by atoms with van der Waals surface area (Å²) in [6.45, 7) is 6.55. The molecule has 0 bridgehead atoms. The van der Waals surface area contributed by atoms with Crippen molar-refractivity contribution < 1.29 is 4.74 Å². The smallest absolute Gasteiger partial charge is 0.121 e. The molecule has 1 fully saturated rings. The van der Waals surface area contributed by atoms with Crippen molar-refractivity contribution in [3.05, 3.63) is 29.3 Å². The summed E-state index contributed by atoms with van der Waals surface area (Å²) in [6, 6.07) is 6.38. The van der Waals surface area contributed by atoms with E-state index in [0.717, 1.165) is 18.6 Å². The molecule has 0 aliphatic heterocycles. The Morgan fingerprint density at radius 2 is 1.94 bits per heavy atom. The van der Waals surface area contributed by atoms with Gasteiger partial charge in [-0.25, -0.2) is 0 Å². The van der Waals surface area contributed by atoms with Crippen LogP contribution in [-0.4, -0.2) is 12.6 Å². The Kier molecular flexibility index (Phi) is 2.50. The van der Waals surface area contributed by atoms with Crippen molar-refractivity contribution in [3.8, 4) is 5.75 Å². The summed E-state index contributed by atoms with van der Waals surface area (Å²) in [5, 5.41) is 0. The van der Waals surface area contributed by atoms with Crippen LogP contribution >= 0.6 is 0 Å². The van der Waals surface area contributed by atoms with Crippen molar-refractivity contribution in [3.63, 3.8) is 0 Å². The Morgan fingerprint density at radius 3 is 2.38 bits per heavy atom. The highest BCUT2D eigenvalue weighted by molar-refractivity contribution is 5.41. The molecule has 1 aliphatic rings. The van der Waals surface area contributed by atoms with Gasteiger partial charge in [0.1, 0.15) is 5.75 Å². The zero-order valence-electron chi connectivity index (χ0n) is 10.6. The summed E-state index contributed by atoms with van der Waals surface area (Å²) >= 11 is 0. The SMILES string of the molecule is COc1ccc(C(C)(C)C2(N)CC2)cc1C. The number of benzene rings is 1. The Hall–Kier alpha value is -1.02. The highest BCUT2D eigenvalue weighted by Gasteiger charge is 2.51. The van der Waals surface area contributed by atoms with E-state index < -0.39 is 0 Å². The second kappa shape index (κ2) is 3.49. The van der Waals surface area contributed by atoms with E-state index in [4.69, 9.17) is 10.5 Å². The molecule has 0 atom stereocenters.